The van der Waals surface area contributed by atoms with Crippen LogP contribution in [-0.4, -0.2) is 25.0 Å². The molecule has 0 amide bonds. The number of hydrogen-bond donors (Lipinski definition) is 2. The van der Waals surface area contributed by atoms with E-state index >= 15 is 0 Å². The fraction of sp³-hybridized carbons (Fsp3) is 0.308. The van der Waals surface area contributed by atoms with Gasteiger partial charge >= 0.3 is 0 Å². The van der Waals surface area contributed by atoms with Crippen molar-refractivity contribution >= 4 is 11.0 Å². The fourth-order valence-corrected chi connectivity index (χ4v) is 2.01. The second-order valence-corrected chi connectivity index (χ2v) is 4.63. The monoisotopic (exact) mass is 256 g/mol. The molecule has 3 aromatic rings. The van der Waals surface area contributed by atoms with Gasteiger partial charge in [-0.3, -0.25) is 4.68 Å². The molecule has 2 heterocycles. The normalized spacial score (nSPS) is 12.9. The van der Waals surface area contributed by atoms with E-state index in [2.05, 4.69) is 32.5 Å². The van der Waals surface area contributed by atoms with Gasteiger partial charge in [-0.2, -0.15) is 0 Å². The van der Waals surface area contributed by atoms with Crippen LogP contribution in [0.3, 0.4) is 0 Å². The number of rotatable bonds is 4. The number of hydrogen-bond acceptors (Lipinski definition) is 4. The minimum Gasteiger partial charge on any atom is -0.341 e. The molecule has 6 heteroatoms. The Kier molecular flexibility index (Phi) is 3.00. The van der Waals surface area contributed by atoms with Crippen molar-refractivity contribution in [3.05, 3.63) is 42.0 Å². The van der Waals surface area contributed by atoms with Crippen LogP contribution in [0.1, 0.15) is 24.5 Å². The summed E-state index contributed by atoms with van der Waals surface area (Å²) in [6.45, 7) is 2.75. The first kappa shape index (κ1) is 11.9. The maximum Gasteiger partial charge on any atom is 0.124 e. The van der Waals surface area contributed by atoms with E-state index in [9.17, 15) is 0 Å². The van der Waals surface area contributed by atoms with Gasteiger partial charge < -0.3 is 10.3 Å². The van der Waals surface area contributed by atoms with Crippen LogP contribution in [-0.2, 0) is 13.6 Å². The molecular weight excluding hydrogens is 240 g/mol. The van der Waals surface area contributed by atoms with E-state index < -0.39 is 0 Å². The van der Waals surface area contributed by atoms with Gasteiger partial charge in [-0.25, -0.2) is 4.98 Å². The minimum absolute atomic E-state index is 0.134. The molecule has 1 unspecified atom stereocenters. The Morgan fingerprint density at radius 1 is 1.37 bits per heavy atom. The number of fused-ring (bicyclic) bond motifs is 1. The Morgan fingerprint density at radius 3 is 2.95 bits per heavy atom. The Labute approximate surface area is 110 Å². The van der Waals surface area contributed by atoms with Crippen LogP contribution < -0.4 is 5.32 Å². The average molecular weight is 256 g/mol. The molecule has 0 radical (unpaired) electrons. The summed E-state index contributed by atoms with van der Waals surface area (Å²) in [5.74, 6) is 0.935. The molecular formula is C13H16N6. The number of aromatic nitrogens is 5. The number of para-hydroxylation sites is 2. The lowest BCUT2D eigenvalue weighted by Crippen LogP contribution is -2.19. The standard InChI is InChI=1S/C13H16N6/c1-9(14-7-10-8-19(2)18-17-10)13-15-11-5-3-4-6-12(11)16-13/h3-6,8-9,14H,7H2,1-2H3,(H,15,16). The molecule has 0 spiro atoms. The van der Waals surface area contributed by atoms with E-state index in [1.165, 1.54) is 0 Å². The number of aromatic amines is 1. The Balaban J connectivity index is 1.71. The molecule has 0 saturated heterocycles. The molecule has 0 aliphatic rings. The van der Waals surface area contributed by atoms with Crippen LogP contribution >= 0.6 is 0 Å². The highest BCUT2D eigenvalue weighted by atomic mass is 15.4. The van der Waals surface area contributed by atoms with Gasteiger partial charge in [-0.1, -0.05) is 17.3 Å². The van der Waals surface area contributed by atoms with E-state index in [4.69, 9.17) is 0 Å². The maximum absolute atomic E-state index is 4.57. The molecule has 3 rings (SSSR count). The second kappa shape index (κ2) is 4.81. The zero-order valence-corrected chi connectivity index (χ0v) is 11.0. The minimum atomic E-state index is 0.134. The van der Waals surface area contributed by atoms with Crippen molar-refractivity contribution in [2.75, 3.05) is 0 Å². The van der Waals surface area contributed by atoms with Crippen LogP contribution in [0.4, 0.5) is 0 Å². The first-order valence-electron chi connectivity index (χ1n) is 6.25. The van der Waals surface area contributed by atoms with Crippen molar-refractivity contribution in [2.45, 2.75) is 19.5 Å². The van der Waals surface area contributed by atoms with Crippen LogP contribution in [0.5, 0.6) is 0 Å². The Bertz CT molecular complexity index is 650. The summed E-state index contributed by atoms with van der Waals surface area (Å²) in [5, 5.41) is 11.3. The smallest absolute Gasteiger partial charge is 0.124 e. The molecule has 1 aromatic carbocycles. The molecule has 0 fully saturated rings. The zero-order chi connectivity index (χ0) is 13.2. The van der Waals surface area contributed by atoms with Crippen LogP contribution in [0.15, 0.2) is 30.5 Å². The van der Waals surface area contributed by atoms with E-state index in [0.717, 1.165) is 22.6 Å². The van der Waals surface area contributed by atoms with Gasteiger partial charge in [0.15, 0.2) is 0 Å². The molecule has 19 heavy (non-hydrogen) atoms. The van der Waals surface area contributed by atoms with E-state index in [-0.39, 0.29) is 6.04 Å². The van der Waals surface area contributed by atoms with Gasteiger partial charge in [0.05, 0.1) is 22.8 Å². The van der Waals surface area contributed by atoms with E-state index in [0.29, 0.717) is 6.54 Å². The molecule has 2 aromatic heterocycles. The summed E-state index contributed by atoms with van der Waals surface area (Å²) < 4.78 is 1.70. The summed E-state index contributed by atoms with van der Waals surface area (Å²) in [6.07, 6.45) is 1.90. The summed E-state index contributed by atoms with van der Waals surface area (Å²) in [6, 6.07) is 8.16. The Morgan fingerprint density at radius 2 is 2.21 bits per heavy atom. The van der Waals surface area contributed by atoms with E-state index in [1.807, 2.05) is 37.5 Å². The number of benzene rings is 1. The van der Waals surface area contributed by atoms with Crippen LogP contribution in [0, 0.1) is 0 Å². The van der Waals surface area contributed by atoms with Crippen molar-refractivity contribution < 1.29 is 0 Å². The van der Waals surface area contributed by atoms with Crippen molar-refractivity contribution in [3.63, 3.8) is 0 Å². The molecule has 2 N–H and O–H groups in total. The topological polar surface area (TPSA) is 71.4 Å². The first-order valence-corrected chi connectivity index (χ1v) is 6.25. The maximum atomic E-state index is 4.57. The predicted molar refractivity (Wildman–Crippen MR) is 72.4 cm³/mol. The number of imidazole rings is 1. The summed E-state index contributed by atoms with van der Waals surface area (Å²) in [4.78, 5) is 7.89. The largest absolute Gasteiger partial charge is 0.341 e. The van der Waals surface area contributed by atoms with Crippen LogP contribution in [0.2, 0.25) is 0 Å². The molecule has 0 aliphatic carbocycles. The molecule has 0 bridgehead atoms. The fourth-order valence-electron chi connectivity index (χ4n) is 2.01. The summed E-state index contributed by atoms with van der Waals surface area (Å²) in [5.41, 5.74) is 2.97. The molecule has 0 aliphatic heterocycles. The van der Waals surface area contributed by atoms with Crippen molar-refractivity contribution in [2.24, 2.45) is 7.05 Å². The number of nitrogens with one attached hydrogen (secondary N) is 2. The van der Waals surface area contributed by atoms with Crippen molar-refractivity contribution in [3.8, 4) is 0 Å². The second-order valence-electron chi connectivity index (χ2n) is 4.63. The molecule has 0 saturated carbocycles. The lowest BCUT2D eigenvalue weighted by atomic mass is 10.3. The number of aryl methyl sites for hydroxylation is 1. The van der Waals surface area contributed by atoms with Gasteiger partial charge in [0.1, 0.15) is 5.82 Å². The Hall–Kier alpha value is -2.21. The third-order valence-corrected chi connectivity index (χ3v) is 3.06. The van der Waals surface area contributed by atoms with Crippen LogP contribution in [0.25, 0.3) is 11.0 Å². The highest BCUT2D eigenvalue weighted by Gasteiger charge is 2.10. The van der Waals surface area contributed by atoms with Gasteiger partial charge in [0.25, 0.3) is 0 Å². The van der Waals surface area contributed by atoms with Gasteiger partial charge in [-0.15, -0.1) is 5.10 Å². The number of nitrogens with zero attached hydrogens (tertiary/aromatic N) is 4. The number of H-pyrrole nitrogens is 1. The van der Waals surface area contributed by atoms with Gasteiger partial charge in [0.2, 0.25) is 0 Å². The van der Waals surface area contributed by atoms with E-state index in [1.54, 1.807) is 4.68 Å². The predicted octanol–water partition coefficient (Wildman–Crippen LogP) is 1.54. The van der Waals surface area contributed by atoms with Gasteiger partial charge in [-0.05, 0) is 19.1 Å². The summed E-state index contributed by atoms with van der Waals surface area (Å²) in [7, 11) is 1.86. The first-order chi connectivity index (χ1) is 9.22. The molecule has 6 nitrogen and oxygen atoms in total. The highest BCUT2D eigenvalue weighted by molar-refractivity contribution is 5.74. The third-order valence-electron chi connectivity index (χ3n) is 3.06. The quantitative estimate of drug-likeness (QED) is 0.743. The van der Waals surface area contributed by atoms with Crippen molar-refractivity contribution in [1.29, 1.82) is 0 Å². The van der Waals surface area contributed by atoms with Crippen molar-refractivity contribution in [1.82, 2.24) is 30.3 Å². The molecule has 98 valence electrons. The lowest BCUT2D eigenvalue weighted by molar-refractivity contribution is 0.546. The highest BCUT2D eigenvalue weighted by Crippen LogP contribution is 2.15. The lowest BCUT2D eigenvalue weighted by Gasteiger charge is -2.09. The zero-order valence-electron chi connectivity index (χ0n) is 11.0. The molecule has 1 atom stereocenters. The average Bonchev–Trinajstić information content (AvgIpc) is 3.01. The summed E-state index contributed by atoms with van der Waals surface area (Å²) >= 11 is 0. The SMILES string of the molecule is CC(NCc1cn(C)nn1)c1nc2ccccc2[nH]1. The van der Waals surface area contributed by atoms with Gasteiger partial charge in [0, 0.05) is 19.8 Å². The third kappa shape index (κ3) is 2.48.